The summed E-state index contributed by atoms with van der Waals surface area (Å²) in [6, 6.07) is 8.26. The summed E-state index contributed by atoms with van der Waals surface area (Å²) >= 11 is 0. The van der Waals surface area contributed by atoms with Gasteiger partial charge in [0, 0.05) is 42.5 Å². The molecular formula is C28H34F3N5. The molecule has 1 aliphatic carbocycles. The van der Waals surface area contributed by atoms with E-state index in [0.717, 1.165) is 35.2 Å². The minimum atomic E-state index is -4.51. The highest BCUT2D eigenvalue weighted by atomic mass is 19.4. The third kappa shape index (κ3) is 8.53. The molecule has 0 atom stereocenters. The van der Waals surface area contributed by atoms with Crippen LogP contribution < -0.4 is 11.1 Å². The van der Waals surface area contributed by atoms with E-state index in [0.29, 0.717) is 16.9 Å². The molecule has 0 spiro atoms. The third-order valence-corrected chi connectivity index (χ3v) is 5.59. The lowest BCUT2D eigenvalue weighted by Gasteiger charge is -2.21. The molecule has 0 aliphatic heterocycles. The monoisotopic (exact) mass is 497 g/mol. The van der Waals surface area contributed by atoms with Crippen LogP contribution in [0, 0.1) is 5.41 Å². The molecule has 0 radical (unpaired) electrons. The Bertz CT molecular complexity index is 1130. The molecule has 0 bridgehead atoms. The molecule has 0 saturated heterocycles. The topological polar surface area (TPSA) is 77.5 Å². The van der Waals surface area contributed by atoms with E-state index >= 15 is 0 Å². The van der Waals surface area contributed by atoms with E-state index in [-0.39, 0.29) is 0 Å². The number of rotatable bonds is 10. The Hall–Kier alpha value is -3.65. The van der Waals surface area contributed by atoms with Gasteiger partial charge in [-0.15, -0.1) is 0 Å². The molecule has 0 amide bonds. The molecule has 8 heteroatoms. The summed E-state index contributed by atoms with van der Waals surface area (Å²) in [6.45, 7) is 5.47. The number of hydrogen-bond acceptors (Lipinski definition) is 5. The van der Waals surface area contributed by atoms with E-state index in [1.54, 1.807) is 18.2 Å². The van der Waals surface area contributed by atoms with Gasteiger partial charge in [-0.1, -0.05) is 50.3 Å². The van der Waals surface area contributed by atoms with Gasteiger partial charge in [0.05, 0.1) is 12.4 Å². The van der Waals surface area contributed by atoms with Gasteiger partial charge in [-0.25, -0.2) is 5.32 Å². The van der Waals surface area contributed by atoms with Crippen molar-refractivity contribution < 1.29 is 13.2 Å². The van der Waals surface area contributed by atoms with Gasteiger partial charge < -0.3 is 16.0 Å². The molecule has 4 N–H and O–H groups in total. The molecule has 1 aliphatic rings. The standard InChI is InChI=1S/C28H34F3N5/c1-5-7-8-26(22-11-9-21(6-2)10-12-22)20(3)24(17-34-19-35-28(29,30)31)18-36(4)25-13-14-27(33)23(15-25)16-32/h7-18,33,35H,5-6,19,32H2,1-4H3/b8-7+,23-16-,24-18?,26-20+,33-27?,34-17-. The van der Waals surface area contributed by atoms with Gasteiger partial charge >= 0.3 is 6.30 Å². The summed E-state index contributed by atoms with van der Waals surface area (Å²) in [6.07, 6.45) is 11.2. The van der Waals surface area contributed by atoms with Crippen molar-refractivity contribution in [3.8, 4) is 0 Å². The summed E-state index contributed by atoms with van der Waals surface area (Å²) < 4.78 is 37.7. The molecule has 0 heterocycles. The Labute approximate surface area is 211 Å². The summed E-state index contributed by atoms with van der Waals surface area (Å²) in [5.41, 5.74) is 12.0. The van der Waals surface area contributed by atoms with Gasteiger partial charge in [0.1, 0.15) is 0 Å². The van der Waals surface area contributed by atoms with Crippen molar-refractivity contribution in [2.75, 3.05) is 13.7 Å². The van der Waals surface area contributed by atoms with Crippen LogP contribution in [0.4, 0.5) is 13.2 Å². The predicted molar refractivity (Wildman–Crippen MR) is 143 cm³/mol. The number of aliphatic imine (C=N–C) groups is 1. The average molecular weight is 498 g/mol. The molecule has 192 valence electrons. The number of benzene rings is 1. The second-order valence-corrected chi connectivity index (χ2v) is 8.18. The fourth-order valence-corrected chi connectivity index (χ4v) is 3.45. The smallest absolute Gasteiger partial charge is 0.404 e. The molecular weight excluding hydrogens is 463 g/mol. The fourth-order valence-electron chi connectivity index (χ4n) is 3.45. The Balaban J connectivity index is 2.57. The van der Waals surface area contributed by atoms with Crippen molar-refractivity contribution >= 4 is 17.5 Å². The Morgan fingerprint density at radius 2 is 1.86 bits per heavy atom. The van der Waals surface area contributed by atoms with E-state index in [1.165, 1.54) is 23.3 Å². The number of hydrogen-bond donors (Lipinski definition) is 3. The first-order valence-electron chi connectivity index (χ1n) is 11.7. The first-order chi connectivity index (χ1) is 17.1. The van der Waals surface area contributed by atoms with Crippen molar-refractivity contribution in [2.45, 2.75) is 39.9 Å². The van der Waals surface area contributed by atoms with Crippen LogP contribution in [-0.2, 0) is 6.42 Å². The Morgan fingerprint density at radius 1 is 1.17 bits per heavy atom. The minimum Gasteiger partial charge on any atom is -0.404 e. The fraction of sp³-hybridized carbons (Fsp3) is 0.286. The van der Waals surface area contributed by atoms with Gasteiger partial charge in [-0.05, 0) is 60.3 Å². The van der Waals surface area contributed by atoms with Crippen molar-refractivity contribution in [3.63, 3.8) is 0 Å². The van der Waals surface area contributed by atoms with Crippen molar-refractivity contribution in [3.05, 3.63) is 101 Å². The molecule has 1 aromatic rings. The minimum absolute atomic E-state index is 0.303. The van der Waals surface area contributed by atoms with Crippen LogP contribution in [0.2, 0.25) is 0 Å². The maximum absolute atomic E-state index is 12.6. The SMILES string of the molecule is CC/C=C/C(=C(/C)C(=CN(C)C1=C/C(=C/N)C(=N)C=C1)/C=N\CNC(F)(F)F)c1ccc(CC)cc1. The van der Waals surface area contributed by atoms with Crippen molar-refractivity contribution in [2.24, 2.45) is 10.7 Å². The van der Waals surface area contributed by atoms with Gasteiger partial charge in [0.2, 0.25) is 0 Å². The quantitative estimate of drug-likeness (QED) is 0.203. The lowest BCUT2D eigenvalue weighted by Crippen LogP contribution is -2.31. The number of aryl methyl sites for hydroxylation is 1. The number of likely N-dealkylation sites (N-methyl/N-ethyl adjacent to an activating group) is 1. The highest BCUT2D eigenvalue weighted by molar-refractivity contribution is 6.09. The Morgan fingerprint density at radius 3 is 2.44 bits per heavy atom. The first kappa shape index (κ1) is 28.6. The Kier molecular flexibility index (Phi) is 10.7. The van der Waals surface area contributed by atoms with Gasteiger partial charge in [0.25, 0.3) is 0 Å². The molecule has 0 fully saturated rings. The zero-order valence-corrected chi connectivity index (χ0v) is 21.2. The lowest BCUT2D eigenvalue weighted by atomic mass is 9.94. The number of allylic oxidation sites excluding steroid dienone is 9. The number of alkyl halides is 3. The van der Waals surface area contributed by atoms with E-state index in [4.69, 9.17) is 11.1 Å². The summed E-state index contributed by atoms with van der Waals surface area (Å²) in [4.78, 5) is 5.82. The molecule has 2 rings (SSSR count). The van der Waals surface area contributed by atoms with Crippen molar-refractivity contribution in [1.29, 1.82) is 5.41 Å². The maximum Gasteiger partial charge on any atom is 0.458 e. The van der Waals surface area contributed by atoms with Crippen LogP contribution in [0.3, 0.4) is 0 Å². The van der Waals surface area contributed by atoms with Crippen LogP contribution in [0.15, 0.2) is 94.5 Å². The van der Waals surface area contributed by atoms with E-state index in [1.807, 2.05) is 44.1 Å². The van der Waals surface area contributed by atoms with Gasteiger partial charge in [-0.3, -0.25) is 4.99 Å². The second kappa shape index (κ2) is 13.4. The second-order valence-electron chi connectivity index (χ2n) is 8.18. The highest BCUT2D eigenvalue weighted by Crippen LogP contribution is 2.27. The van der Waals surface area contributed by atoms with E-state index < -0.39 is 13.0 Å². The van der Waals surface area contributed by atoms with E-state index in [9.17, 15) is 13.2 Å². The van der Waals surface area contributed by atoms with Crippen LogP contribution >= 0.6 is 0 Å². The largest absolute Gasteiger partial charge is 0.458 e. The molecule has 1 aromatic carbocycles. The summed E-state index contributed by atoms with van der Waals surface area (Å²) in [5.74, 6) is 0. The molecule has 36 heavy (non-hydrogen) atoms. The number of nitrogens with zero attached hydrogens (tertiary/aromatic N) is 2. The average Bonchev–Trinajstić information content (AvgIpc) is 2.85. The predicted octanol–water partition coefficient (Wildman–Crippen LogP) is 6.26. The van der Waals surface area contributed by atoms with Gasteiger partial charge in [-0.2, -0.15) is 13.2 Å². The molecule has 0 unspecified atom stereocenters. The lowest BCUT2D eigenvalue weighted by molar-refractivity contribution is -0.156. The zero-order chi connectivity index (χ0) is 26.7. The van der Waals surface area contributed by atoms with Crippen LogP contribution in [0.25, 0.3) is 5.57 Å². The van der Waals surface area contributed by atoms with Crippen LogP contribution in [0.1, 0.15) is 38.3 Å². The van der Waals surface area contributed by atoms with Crippen LogP contribution in [0.5, 0.6) is 0 Å². The van der Waals surface area contributed by atoms with Crippen LogP contribution in [-0.4, -0.2) is 36.8 Å². The number of nitrogens with one attached hydrogen (secondary N) is 2. The number of nitrogens with two attached hydrogens (primary N) is 1. The maximum atomic E-state index is 12.6. The molecule has 0 saturated carbocycles. The molecule has 0 aromatic heterocycles. The van der Waals surface area contributed by atoms with Gasteiger partial charge in [0.15, 0.2) is 0 Å². The third-order valence-electron chi connectivity index (χ3n) is 5.59. The summed E-state index contributed by atoms with van der Waals surface area (Å²) in [5, 5.41) is 9.37. The molecule has 5 nitrogen and oxygen atoms in total. The number of halogens is 3. The summed E-state index contributed by atoms with van der Waals surface area (Å²) in [7, 11) is 1.83. The highest BCUT2D eigenvalue weighted by Gasteiger charge is 2.25. The zero-order valence-electron chi connectivity index (χ0n) is 21.2. The first-order valence-corrected chi connectivity index (χ1v) is 11.7. The normalized spacial score (nSPS) is 16.8. The van der Waals surface area contributed by atoms with E-state index in [2.05, 4.69) is 36.2 Å². The van der Waals surface area contributed by atoms with Crippen molar-refractivity contribution in [1.82, 2.24) is 10.2 Å².